The van der Waals surface area contributed by atoms with Gasteiger partial charge >= 0.3 is 0 Å². The fraction of sp³-hybridized carbons (Fsp3) is 0.467. The third-order valence-electron chi connectivity index (χ3n) is 3.57. The molecule has 0 aliphatic carbocycles. The summed E-state index contributed by atoms with van der Waals surface area (Å²) in [5.41, 5.74) is 0. The first-order valence-electron chi connectivity index (χ1n) is 7.77. The van der Waals surface area contributed by atoms with Crippen LogP contribution in [0, 0.1) is 0 Å². The van der Waals surface area contributed by atoms with E-state index in [2.05, 4.69) is 15.5 Å². The predicted octanol–water partition coefficient (Wildman–Crippen LogP) is 2.02. The summed E-state index contributed by atoms with van der Waals surface area (Å²) in [6, 6.07) is 3.67. The maximum Gasteiger partial charge on any atom is 0.227 e. The van der Waals surface area contributed by atoms with Crippen LogP contribution in [-0.4, -0.2) is 65.9 Å². The summed E-state index contributed by atoms with van der Waals surface area (Å²) in [6.07, 6.45) is 0.340. The minimum absolute atomic E-state index is 0.0429. The summed E-state index contributed by atoms with van der Waals surface area (Å²) < 4.78 is 6.02. The van der Waals surface area contributed by atoms with Crippen molar-refractivity contribution in [3.8, 4) is 0 Å². The molecule has 1 saturated heterocycles. The van der Waals surface area contributed by atoms with Crippen LogP contribution in [0.3, 0.4) is 0 Å². The van der Waals surface area contributed by atoms with Crippen molar-refractivity contribution in [1.29, 1.82) is 0 Å². The average Bonchev–Trinajstić information content (AvgIpc) is 3.29. The zero-order valence-electron chi connectivity index (χ0n) is 13.7. The van der Waals surface area contributed by atoms with Gasteiger partial charge in [0.25, 0.3) is 0 Å². The van der Waals surface area contributed by atoms with Gasteiger partial charge in [-0.05, 0) is 12.1 Å². The first-order chi connectivity index (χ1) is 12.2. The topological polar surface area (TPSA) is 84.4 Å². The predicted molar refractivity (Wildman–Crippen MR) is 99.9 cm³/mol. The molecule has 1 N–H and O–H groups in total. The molecule has 0 saturated carbocycles. The number of ketones is 1. The number of carbonyl (C=O) groups is 2. The lowest BCUT2D eigenvalue weighted by atomic mass is 10.3. The molecule has 2 aromatic heterocycles. The molecule has 0 radical (unpaired) electrons. The summed E-state index contributed by atoms with van der Waals surface area (Å²) in [6.45, 7) is 2.47. The monoisotopic (exact) mass is 398 g/mol. The Labute approximate surface area is 157 Å². The Kier molecular flexibility index (Phi) is 6.40. The van der Waals surface area contributed by atoms with Crippen LogP contribution in [-0.2, 0) is 16.0 Å². The zero-order chi connectivity index (χ0) is 17.6. The van der Waals surface area contributed by atoms with Crippen molar-refractivity contribution in [3.05, 3.63) is 21.9 Å². The number of Topliss-reactive ketones (excluding diaryl/α,β-unsaturated/α-hetero) is 1. The number of anilines is 1. The minimum Gasteiger partial charge on any atom is -0.378 e. The molecule has 0 bridgehead atoms. The molecule has 1 fully saturated rings. The Hall–Kier alpha value is -1.49. The van der Waals surface area contributed by atoms with Crippen molar-refractivity contribution in [2.24, 2.45) is 0 Å². The Morgan fingerprint density at radius 2 is 2.08 bits per heavy atom. The van der Waals surface area contributed by atoms with Gasteiger partial charge in [0.05, 0.1) is 30.3 Å². The summed E-state index contributed by atoms with van der Waals surface area (Å²) in [5, 5.41) is 11.6. The van der Waals surface area contributed by atoms with E-state index in [9.17, 15) is 9.59 Å². The van der Waals surface area contributed by atoms with E-state index in [-0.39, 0.29) is 11.7 Å². The number of nitrogens with one attached hydrogen (secondary N) is 1. The van der Waals surface area contributed by atoms with Crippen LogP contribution in [0.4, 0.5) is 5.13 Å². The molecule has 3 rings (SSSR count). The molecule has 0 spiro atoms. The van der Waals surface area contributed by atoms with Crippen molar-refractivity contribution in [2.45, 2.75) is 10.8 Å². The summed E-state index contributed by atoms with van der Waals surface area (Å²) in [5.74, 6) is 0.448. The third-order valence-corrected chi connectivity index (χ3v) is 6.77. The quantitative estimate of drug-likeness (QED) is 0.564. The van der Waals surface area contributed by atoms with E-state index in [1.165, 1.54) is 34.4 Å². The molecule has 0 unspecified atom stereocenters. The average molecular weight is 399 g/mol. The van der Waals surface area contributed by atoms with Gasteiger partial charge in [0.15, 0.2) is 10.1 Å². The van der Waals surface area contributed by atoms with E-state index in [0.29, 0.717) is 43.4 Å². The maximum atomic E-state index is 12.3. The van der Waals surface area contributed by atoms with Crippen LogP contribution in [0.1, 0.15) is 14.5 Å². The fourth-order valence-electron chi connectivity index (χ4n) is 2.26. The summed E-state index contributed by atoms with van der Waals surface area (Å²) in [4.78, 5) is 28.0. The minimum atomic E-state index is 0.0429. The number of rotatable bonds is 7. The van der Waals surface area contributed by atoms with Crippen LogP contribution in [0.15, 0.2) is 16.5 Å². The molecule has 10 heteroatoms. The lowest BCUT2D eigenvalue weighted by molar-refractivity contribution is -0.134. The van der Waals surface area contributed by atoms with Crippen molar-refractivity contribution in [3.63, 3.8) is 0 Å². The van der Waals surface area contributed by atoms with Crippen LogP contribution >= 0.6 is 34.4 Å². The number of thioether (sulfide) groups is 1. The number of ether oxygens (including phenoxy) is 1. The Morgan fingerprint density at radius 1 is 1.28 bits per heavy atom. The van der Waals surface area contributed by atoms with Crippen LogP contribution in [0.5, 0.6) is 0 Å². The van der Waals surface area contributed by atoms with E-state index < -0.39 is 0 Å². The number of nitrogens with zero attached hydrogens (tertiary/aromatic N) is 3. The van der Waals surface area contributed by atoms with Crippen molar-refractivity contribution < 1.29 is 14.3 Å². The first-order valence-corrected chi connectivity index (χ1v) is 10.4. The van der Waals surface area contributed by atoms with Gasteiger partial charge in [0.2, 0.25) is 11.0 Å². The van der Waals surface area contributed by atoms with Gasteiger partial charge in [0, 0.05) is 25.0 Å². The lowest BCUT2D eigenvalue weighted by Crippen LogP contribution is -2.41. The molecule has 2 aromatic rings. The Morgan fingerprint density at radius 3 is 2.80 bits per heavy atom. The largest absolute Gasteiger partial charge is 0.378 e. The second-order valence-electron chi connectivity index (χ2n) is 5.27. The maximum absolute atomic E-state index is 12.3. The second kappa shape index (κ2) is 8.75. The fourth-order valence-corrected chi connectivity index (χ4v) is 4.88. The third kappa shape index (κ3) is 5.00. The number of aromatic nitrogens is 2. The van der Waals surface area contributed by atoms with Gasteiger partial charge in [-0.3, -0.25) is 9.59 Å². The van der Waals surface area contributed by atoms with Crippen molar-refractivity contribution in [1.82, 2.24) is 15.1 Å². The van der Waals surface area contributed by atoms with Gasteiger partial charge in [-0.1, -0.05) is 23.1 Å². The number of thiophene rings is 1. The highest BCUT2D eigenvalue weighted by Gasteiger charge is 2.19. The number of morpholine rings is 1. The molecule has 134 valence electrons. The molecule has 25 heavy (non-hydrogen) atoms. The van der Waals surface area contributed by atoms with E-state index >= 15 is 0 Å². The molecule has 3 heterocycles. The van der Waals surface area contributed by atoms with E-state index in [4.69, 9.17) is 4.74 Å². The van der Waals surface area contributed by atoms with Gasteiger partial charge < -0.3 is 15.0 Å². The van der Waals surface area contributed by atoms with Crippen LogP contribution in [0.25, 0.3) is 0 Å². The SMILES string of the molecule is CNc1nnc(SCC(=O)c2ccc(CC(=O)N3CCOCC3)s2)s1. The number of carbonyl (C=O) groups excluding carboxylic acids is 2. The van der Waals surface area contributed by atoms with Gasteiger partial charge in [-0.15, -0.1) is 21.5 Å². The molecule has 1 aliphatic rings. The van der Waals surface area contributed by atoms with E-state index in [1.54, 1.807) is 13.1 Å². The first kappa shape index (κ1) is 18.3. The molecule has 7 nitrogen and oxygen atoms in total. The van der Waals surface area contributed by atoms with Crippen LogP contribution < -0.4 is 5.32 Å². The highest BCUT2D eigenvalue weighted by molar-refractivity contribution is 8.01. The standard InChI is InChI=1S/C15H18N4O3S3/c1-16-14-17-18-15(25-14)23-9-11(20)12-3-2-10(24-12)8-13(21)19-4-6-22-7-5-19/h2-3H,4-9H2,1H3,(H,16,17). The molecular weight excluding hydrogens is 380 g/mol. The van der Waals surface area contributed by atoms with Crippen LogP contribution in [0.2, 0.25) is 0 Å². The Bertz CT molecular complexity index is 740. The van der Waals surface area contributed by atoms with E-state index in [1.807, 2.05) is 11.0 Å². The zero-order valence-corrected chi connectivity index (χ0v) is 16.1. The van der Waals surface area contributed by atoms with E-state index in [0.717, 1.165) is 14.3 Å². The van der Waals surface area contributed by atoms with Gasteiger partial charge in [0.1, 0.15) is 0 Å². The number of hydrogen-bond acceptors (Lipinski definition) is 9. The van der Waals surface area contributed by atoms with Gasteiger partial charge in [-0.2, -0.15) is 0 Å². The second-order valence-corrected chi connectivity index (χ2v) is 8.64. The highest BCUT2D eigenvalue weighted by Crippen LogP contribution is 2.27. The smallest absolute Gasteiger partial charge is 0.227 e. The Balaban J connectivity index is 1.51. The summed E-state index contributed by atoms with van der Waals surface area (Å²) in [7, 11) is 1.78. The number of hydrogen-bond donors (Lipinski definition) is 1. The number of amides is 1. The lowest BCUT2D eigenvalue weighted by Gasteiger charge is -2.26. The van der Waals surface area contributed by atoms with Crippen molar-refractivity contribution >= 4 is 51.3 Å². The molecule has 0 atom stereocenters. The highest BCUT2D eigenvalue weighted by atomic mass is 32.2. The summed E-state index contributed by atoms with van der Waals surface area (Å²) >= 11 is 4.19. The molecule has 1 amide bonds. The van der Waals surface area contributed by atoms with Crippen molar-refractivity contribution in [2.75, 3.05) is 44.4 Å². The normalized spacial score (nSPS) is 14.5. The van der Waals surface area contributed by atoms with Gasteiger partial charge in [-0.25, -0.2) is 0 Å². The molecule has 0 aromatic carbocycles. The molecule has 1 aliphatic heterocycles. The molecular formula is C15H18N4O3S3.